The Balaban J connectivity index is 0.000000304. The van der Waals surface area contributed by atoms with Crippen LogP contribution in [0.2, 0.25) is 0 Å². The van der Waals surface area contributed by atoms with E-state index in [9.17, 15) is 14.4 Å². The molecule has 0 fully saturated rings. The van der Waals surface area contributed by atoms with Gasteiger partial charge in [-0.1, -0.05) is 12.1 Å². The summed E-state index contributed by atoms with van der Waals surface area (Å²) in [6.07, 6.45) is 15.9. The smallest absolute Gasteiger partial charge is 0.870 e. The zero-order valence-electron chi connectivity index (χ0n) is 48.8. The maximum absolute atomic E-state index is 11.8. The van der Waals surface area contributed by atoms with Gasteiger partial charge < -0.3 is 39.4 Å². The summed E-state index contributed by atoms with van der Waals surface area (Å²) in [5.41, 5.74) is 7.10. The molecule has 0 aliphatic rings. The molecule has 0 saturated heterocycles. The molecule has 0 amide bonds. The largest absolute Gasteiger partial charge is 1.00 e. The third-order valence-corrected chi connectivity index (χ3v) is 9.99. The number of carbonyl (C=O) groups is 3. The monoisotopic (exact) mass is 1130 g/mol. The van der Waals surface area contributed by atoms with Crippen LogP contribution in [-0.4, -0.2) is 112 Å². The van der Waals surface area contributed by atoms with Crippen LogP contribution in [0.25, 0.3) is 52.8 Å². The first-order valence-electron chi connectivity index (χ1n) is 25.8. The van der Waals surface area contributed by atoms with E-state index in [2.05, 4.69) is 40.2 Å². The van der Waals surface area contributed by atoms with Gasteiger partial charge in [-0.2, -0.15) is 0 Å². The number of rotatable bonds is 19. The Morgan fingerprint density at radius 1 is 0.506 bits per heavy atom. The van der Waals surface area contributed by atoms with E-state index < -0.39 is 17.9 Å². The van der Waals surface area contributed by atoms with Crippen molar-refractivity contribution >= 4 is 36.5 Å². The molecule has 23 heteroatoms. The molecule has 432 valence electrons. The molecule has 0 aliphatic carbocycles. The SMILES string of the molecule is Cc1cc(OC(C)C)cc(-c2ncn(/C=C\C(=O)O)n2)c1.Cc1cc(OC(C)C)cc(-c2ncn(/C=C\C(=O)OC(C)C)n2)c1.Cc1cc(OC(C)C)cc(-c2ncn(/C=C\C(=O)OCc3ccccn3)n2)c1.OCc1ccccn1.[Li+].[OH-]. The molecule has 22 nitrogen and oxygen atoms in total. The predicted octanol–water partition coefficient (Wildman–Crippen LogP) is 7.11. The summed E-state index contributed by atoms with van der Waals surface area (Å²) < 4.78 is 31.7. The van der Waals surface area contributed by atoms with Crippen molar-refractivity contribution in [1.82, 2.24) is 54.3 Å². The van der Waals surface area contributed by atoms with Gasteiger partial charge in [0, 0.05) is 65.9 Å². The molecular weight excluding hydrogens is 1060 g/mol. The van der Waals surface area contributed by atoms with Crippen molar-refractivity contribution in [1.29, 1.82) is 0 Å². The van der Waals surface area contributed by atoms with Crippen LogP contribution in [-0.2, 0) is 37.1 Å². The van der Waals surface area contributed by atoms with Crippen molar-refractivity contribution in [2.75, 3.05) is 0 Å². The number of ether oxygens (including phenoxy) is 5. The van der Waals surface area contributed by atoms with Crippen molar-refractivity contribution in [2.24, 2.45) is 0 Å². The second-order valence-electron chi connectivity index (χ2n) is 18.9. The Morgan fingerprint density at radius 3 is 1.20 bits per heavy atom. The van der Waals surface area contributed by atoms with Crippen molar-refractivity contribution in [3.8, 4) is 51.4 Å². The average Bonchev–Trinajstić information content (AvgIpc) is 4.44. The molecule has 0 aliphatic heterocycles. The van der Waals surface area contributed by atoms with E-state index in [1.807, 2.05) is 135 Å². The Bertz CT molecular complexity index is 3360. The standard InChI is InChI=1S/C21H22N4O3.C18H23N3O3.C15H17N3O3.C6H7NO.Li.H2O/c1-15(2)28-19-11-16(3)10-17(12-19)21-23-14-25(24-21)9-7-20(26)27-13-18-6-4-5-8-22-18;1-12(2)23-16-9-14(5)8-15(10-16)18-19-11-21(20-18)7-6-17(22)24-13(3)4;1-10(2)21-13-7-11(3)6-12(8-13)15-16-9-18(17-15)5-4-14(19)20;8-5-6-3-1-2-4-7-6;;/h4-12,14-15H,13H2,1-3H3;6-13H,1-5H3;4-10H,1-3H3,(H,19,20);1-4,8H,5H2;;1H2/q;;;;+1;/p-1/b9-7-;7-6-;5-4-;;;. The Labute approximate surface area is 495 Å². The van der Waals surface area contributed by atoms with E-state index >= 15 is 0 Å². The van der Waals surface area contributed by atoms with Crippen LogP contribution >= 0.6 is 0 Å². The molecule has 0 unspecified atom stereocenters. The molecule has 0 atom stereocenters. The summed E-state index contributed by atoms with van der Waals surface area (Å²) in [5, 5.41) is 30.0. The quantitative estimate of drug-likeness (QED) is 0.0463. The molecule has 3 aromatic carbocycles. The number of pyridine rings is 2. The number of hydrogen-bond acceptors (Lipinski definition) is 18. The zero-order chi connectivity index (χ0) is 58.8. The van der Waals surface area contributed by atoms with Gasteiger partial charge in [-0.05, 0) is 172 Å². The summed E-state index contributed by atoms with van der Waals surface area (Å²) in [6, 6.07) is 28.4. The Hall–Kier alpha value is -9.07. The second-order valence-corrected chi connectivity index (χ2v) is 18.9. The molecule has 83 heavy (non-hydrogen) atoms. The number of nitrogens with zero attached hydrogens (tertiary/aromatic N) is 11. The first-order chi connectivity index (χ1) is 38.7. The number of aliphatic hydroxyl groups excluding tert-OH is 1. The normalized spacial score (nSPS) is 10.8. The summed E-state index contributed by atoms with van der Waals surface area (Å²) in [6.45, 7) is 21.6. The molecule has 0 radical (unpaired) electrons. The summed E-state index contributed by atoms with van der Waals surface area (Å²) >= 11 is 0. The first-order valence-corrected chi connectivity index (χ1v) is 25.8. The van der Waals surface area contributed by atoms with Crippen molar-refractivity contribution in [3.05, 3.63) is 169 Å². The molecule has 3 N–H and O–H groups in total. The number of benzene rings is 3. The van der Waals surface area contributed by atoms with Crippen LogP contribution in [0.4, 0.5) is 0 Å². The number of aryl methyl sites for hydroxylation is 3. The van der Waals surface area contributed by atoms with Crippen molar-refractivity contribution < 1.29 is 72.6 Å². The van der Waals surface area contributed by atoms with Gasteiger partial charge in [-0.25, -0.2) is 43.4 Å². The van der Waals surface area contributed by atoms with E-state index in [-0.39, 0.29) is 62.0 Å². The third-order valence-electron chi connectivity index (χ3n) is 9.99. The van der Waals surface area contributed by atoms with Gasteiger partial charge in [0.2, 0.25) is 0 Å². The molecule has 5 heterocycles. The van der Waals surface area contributed by atoms with Crippen LogP contribution in [0.1, 0.15) is 83.5 Å². The third kappa shape index (κ3) is 25.5. The number of carboxylic acids is 1. The Morgan fingerprint density at radius 2 is 0.880 bits per heavy atom. The van der Waals surface area contributed by atoms with Crippen molar-refractivity contribution in [2.45, 2.75) is 114 Å². The fraction of sp³-hybridized carbons (Fsp3) is 0.283. The van der Waals surface area contributed by atoms with Crippen LogP contribution in [0.15, 0.2) is 141 Å². The van der Waals surface area contributed by atoms with Gasteiger partial charge >= 0.3 is 36.8 Å². The number of hydrogen-bond donors (Lipinski definition) is 2. The molecule has 0 spiro atoms. The summed E-state index contributed by atoms with van der Waals surface area (Å²) in [5.74, 6) is 2.02. The average molecular weight is 1130 g/mol. The Kier molecular flexibility index (Phi) is 28.7. The van der Waals surface area contributed by atoms with Gasteiger partial charge in [0.25, 0.3) is 0 Å². The van der Waals surface area contributed by atoms with E-state index in [4.69, 9.17) is 33.9 Å². The molecule has 0 bridgehead atoms. The van der Waals surface area contributed by atoms with Crippen LogP contribution in [0.3, 0.4) is 0 Å². The zero-order valence-corrected chi connectivity index (χ0v) is 48.8. The van der Waals surface area contributed by atoms with E-state index in [0.717, 1.165) is 56.7 Å². The number of aliphatic carboxylic acids is 1. The van der Waals surface area contributed by atoms with Crippen LogP contribution in [0, 0.1) is 20.8 Å². The molecule has 8 aromatic rings. The van der Waals surface area contributed by atoms with Gasteiger partial charge in [-0.15, -0.1) is 15.3 Å². The molecule has 0 saturated carbocycles. The summed E-state index contributed by atoms with van der Waals surface area (Å²) in [4.78, 5) is 54.5. The maximum atomic E-state index is 11.8. The number of esters is 2. The number of carbonyl (C=O) groups excluding carboxylic acids is 2. The van der Waals surface area contributed by atoms with E-state index in [1.165, 1.54) is 57.5 Å². The van der Waals surface area contributed by atoms with Gasteiger partial charge in [0.1, 0.15) is 42.8 Å². The van der Waals surface area contributed by atoms with E-state index in [0.29, 0.717) is 28.9 Å². The van der Waals surface area contributed by atoms with Crippen LogP contribution in [0.5, 0.6) is 17.2 Å². The number of carboxylic acid groups (broad SMARTS) is 1. The topological polar surface area (TPSA) is 286 Å². The minimum atomic E-state index is -1.03. The molecule has 8 rings (SSSR count). The number of aromatic nitrogens is 11. The number of aliphatic hydroxyl groups is 1. The second kappa shape index (κ2) is 34.9. The minimum absolute atomic E-state index is 0. The predicted molar refractivity (Wildman–Crippen MR) is 309 cm³/mol. The fourth-order valence-electron chi connectivity index (χ4n) is 6.94. The van der Waals surface area contributed by atoms with Crippen molar-refractivity contribution in [3.63, 3.8) is 0 Å². The fourth-order valence-corrected chi connectivity index (χ4v) is 6.94. The summed E-state index contributed by atoms with van der Waals surface area (Å²) in [7, 11) is 0. The maximum Gasteiger partial charge on any atom is 1.00 e. The van der Waals surface area contributed by atoms with Gasteiger partial charge in [-0.3, -0.25) is 9.97 Å². The minimum Gasteiger partial charge on any atom is -0.870 e. The van der Waals surface area contributed by atoms with E-state index in [1.54, 1.807) is 50.8 Å². The molecular formula is C60H70LiN11O11. The van der Waals surface area contributed by atoms with Crippen LogP contribution < -0.4 is 33.1 Å². The first kappa shape index (κ1) is 68.2. The van der Waals surface area contributed by atoms with Gasteiger partial charge in [0.05, 0.1) is 42.4 Å². The molecule has 5 aromatic heterocycles. The van der Waals surface area contributed by atoms with Gasteiger partial charge in [0.15, 0.2) is 17.5 Å².